The number of furan rings is 1. The highest BCUT2D eigenvalue weighted by atomic mass is 16.5. The number of urea groups is 1. The first-order valence-corrected chi connectivity index (χ1v) is 9.71. The van der Waals surface area contributed by atoms with E-state index in [2.05, 4.69) is 16.0 Å². The van der Waals surface area contributed by atoms with Crippen LogP contribution in [0, 0.1) is 0 Å². The predicted octanol–water partition coefficient (Wildman–Crippen LogP) is 1.64. The van der Waals surface area contributed by atoms with Gasteiger partial charge in [-0.15, -0.1) is 0 Å². The highest BCUT2D eigenvalue weighted by Gasteiger charge is 2.35. The minimum absolute atomic E-state index is 0.0608. The number of hydrogen-bond donors (Lipinski definition) is 3. The molecule has 0 fully saturated rings. The third-order valence-electron chi connectivity index (χ3n) is 4.67. The summed E-state index contributed by atoms with van der Waals surface area (Å²) in [6, 6.07) is 6.13. The smallest absolute Gasteiger partial charge is 0.338 e. The fourth-order valence-corrected chi connectivity index (χ4v) is 3.27. The standard InChI is InChI=1S/C21H19N3O8/c1-2-29-20(27)17-13(23-21(28)24-18(17)14-4-3-7-30-14)9-32-19(26)11-5-6-12-15(8-11)31-10-16(25)22-12/h3-8,18H,2,9-10H2,1H3,(H,22,25)(H2,23,24,28). The number of hydrogen-bond acceptors (Lipinski definition) is 8. The molecule has 2 aromatic rings. The lowest BCUT2D eigenvalue weighted by Gasteiger charge is -2.27. The molecule has 0 saturated heterocycles. The molecule has 1 atom stereocenters. The Morgan fingerprint density at radius 2 is 1.97 bits per heavy atom. The van der Waals surface area contributed by atoms with Crippen molar-refractivity contribution in [2.75, 3.05) is 25.1 Å². The van der Waals surface area contributed by atoms with Gasteiger partial charge in [-0.1, -0.05) is 0 Å². The Morgan fingerprint density at radius 1 is 1.12 bits per heavy atom. The van der Waals surface area contributed by atoms with Crippen LogP contribution in [0.15, 0.2) is 52.3 Å². The molecule has 0 radical (unpaired) electrons. The fourth-order valence-electron chi connectivity index (χ4n) is 3.27. The van der Waals surface area contributed by atoms with Crippen LogP contribution in [0.1, 0.15) is 29.1 Å². The zero-order chi connectivity index (χ0) is 22.7. The van der Waals surface area contributed by atoms with Gasteiger partial charge in [-0.3, -0.25) is 4.79 Å². The number of benzene rings is 1. The van der Waals surface area contributed by atoms with E-state index in [-0.39, 0.29) is 36.0 Å². The van der Waals surface area contributed by atoms with Gasteiger partial charge in [-0.2, -0.15) is 0 Å². The van der Waals surface area contributed by atoms with E-state index < -0.39 is 30.6 Å². The average molecular weight is 441 g/mol. The first-order chi connectivity index (χ1) is 15.5. The van der Waals surface area contributed by atoms with Crippen molar-refractivity contribution in [3.05, 3.63) is 59.2 Å². The Bertz CT molecular complexity index is 1110. The number of amides is 3. The second-order valence-electron chi connectivity index (χ2n) is 6.78. The largest absolute Gasteiger partial charge is 0.482 e. The van der Waals surface area contributed by atoms with E-state index >= 15 is 0 Å². The fraction of sp³-hybridized carbons (Fsp3) is 0.238. The average Bonchev–Trinajstić information content (AvgIpc) is 3.31. The highest BCUT2D eigenvalue weighted by molar-refractivity contribution is 5.98. The first-order valence-electron chi connectivity index (χ1n) is 9.71. The van der Waals surface area contributed by atoms with Crippen LogP contribution in [0.3, 0.4) is 0 Å². The van der Waals surface area contributed by atoms with Gasteiger partial charge in [0.15, 0.2) is 6.61 Å². The molecule has 0 spiro atoms. The van der Waals surface area contributed by atoms with Crippen LogP contribution in [-0.4, -0.2) is 43.7 Å². The van der Waals surface area contributed by atoms with E-state index in [1.807, 2.05) is 0 Å². The lowest BCUT2D eigenvalue weighted by atomic mass is 10.0. The molecule has 3 amide bonds. The lowest BCUT2D eigenvalue weighted by molar-refractivity contribution is -0.139. The maximum absolute atomic E-state index is 12.6. The maximum atomic E-state index is 12.6. The van der Waals surface area contributed by atoms with Crippen LogP contribution in [-0.2, 0) is 19.1 Å². The summed E-state index contributed by atoms with van der Waals surface area (Å²) in [4.78, 5) is 48.7. The van der Waals surface area contributed by atoms with E-state index in [9.17, 15) is 19.2 Å². The Morgan fingerprint density at radius 3 is 2.72 bits per heavy atom. The van der Waals surface area contributed by atoms with Crippen molar-refractivity contribution < 1.29 is 37.8 Å². The third kappa shape index (κ3) is 4.26. The molecule has 0 saturated carbocycles. The number of esters is 2. The van der Waals surface area contributed by atoms with Gasteiger partial charge in [0, 0.05) is 0 Å². The number of rotatable bonds is 6. The predicted molar refractivity (Wildman–Crippen MR) is 108 cm³/mol. The molecule has 0 bridgehead atoms. The molecular formula is C21H19N3O8. The summed E-state index contributed by atoms with van der Waals surface area (Å²) in [7, 11) is 0. The van der Waals surface area contributed by atoms with Crippen LogP contribution in [0.25, 0.3) is 0 Å². The maximum Gasteiger partial charge on any atom is 0.338 e. The molecule has 2 aliphatic heterocycles. The molecule has 3 heterocycles. The zero-order valence-corrected chi connectivity index (χ0v) is 16.9. The molecule has 4 rings (SSSR count). The third-order valence-corrected chi connectivity index (χ3v) is 4.67. The number of carbonyl (C=O) groups excluding carboxylic acids is 4. The molecular weight excluding hydrogens is 422 g/mol. The molecule has 11 nitrogen and oxygen atoms in total. The Labute approximate surface area is 181 Å². The highest BCUT2D eigenvalue weighted by Crippen LogP contribution is 2.30. The summed E-state index contributed by atoms with van der Waals surface area (Å²) in [5.41, 5.74) is 0.743. The van der Waals surface area contributed by atoms with Crippen molar-refractivity contribution in [3.63, 3.8) is 0 Å². The SMILES string of the molecule is CCOC(=O)C1=C(COC(=O)c2ccc3c(c2)OCC(=O)N3)NC(=O)NC1c1ccco1. The Hall–Kier alpha value is -4.28. The summed E-state index contributed by atoms with van der Waals surface area (Å²) in [6.45, 7) is 1.20. The first kappa shape index (κ1) is 21.0. The van der Waals surface area contributed by atoms with Crippen molar-refractivity contribution in [3.8, 4) is 5.75 Å². The van der Waals surface area contributed by atoms with Gasteiger partial charge in [-0.25, -0.2) is 14.4 Å². The quantitative estimate of drug-likeness (QED) is 0.574. The summed E-state index contributed by atoms with van der Waals surface area (Å²) < 4.78 is 21.1. The molecule has 1 aromatic heterocycles. The molecule has 166 valence electrons. The van der Waals surface area contributed by atoms with Crippen molar-refractivity contribution >= 4 is 29.6 Å². The van der Waals surface area contributed by atoms with Crippen molar-refractivity contribution in [2.24, 2.45) is 0 Å². The number of anilines is 1. The van der Waals surface area contributed by atoms with Crippen LogP contribution in [0.4, 0.5) is 10.5 Å². The normalized spacial score (nSPS) is 17.3. The lowest BCUT2D eigenvalue weighted by Crippen LogP contribution is -2.47. The topological polar surface area (TPSA) is 145 Å². The van der Waals surface area contributed by atoms with Gasteiger partial charge in [0.1, 0.15) is 24.2 Å². The summed E-state index contributed by atoms with van der Waals surface area (Å²) in [5, 5.41) is 7.72. The molecule has 0 aliphatic carbocycles. The minimum Gasteiger partial charge on any atom is -0.482 e. The number of carbonyl (C=O) groups is 4. The Balaban J connectivity index is 1.57. The van der Waals surface area contributed by atoms with Crippen LogP contribution >= 0.6 is 0 Å². The second-order valence-corrected chi connectivity index (χ2v) is 6.78. The van der Waals surface area contributed by atoms with Gasteiger partial charge < -0.3 is 34.6 Å². The van der Waals surface area contributed by atoms with Crippen LogP contribution in [0.5, 0.6) is 5.75 Å². The molecule has 2 aliphatic rings. The molecule has 11 heteroatoms. The minimum atomic E-state index is -0.910. The summed E-state index contributed by atoms with van der Waals surface area (Å²) in [6.07, 6.45) is 1.41. The number of ether oxygens (including phenoxy) is 3. The molecule has 1 unspecified atom stereocenters. The second kappa shape index (κ2) is 8.84. The molecule has 1 aromatic carbocycles. The number of fused-ring (bicyclic) bond motifs is 1. The summed E-state index contributed by atoms with van der Waals surface area (Å²) >= 11 is 0. The van der Waals surface area contributed by atoms with Crippen LogP contribution < -0.4 is 20.7 Å². The van der Waals surface area contributed by atoms with E-state index in [1.54, 1.807) is 19.1 Å². The van der Waals surface area contributed by atoms with Crippen molar-refractivity contribution in [2.45, 2.75) is 13.0 Å². The molecule has 3 N–H and O–H groups in total. The summed E-state index contributed by atoms with van der Waals surface area (Å²) in [5.74, 6) is -1.05. The van der Waals surface area contributed by atoms with Gasteiger partial charge in [0.05, 0.1) is 35.4 Å². The van der Waals surface area contributed by atoms with E-state index in [4.69, 9.17) is 18.6 Å². The number of nitrogens with one attached hydrogen (secondary N) is 3. The van der Waals surface area contributed by atoms with E-state index in [0.717, 1.165) is 0 Å². The monoisotopic (exact) mass is 441 g/mol. The van der Waals surface area contributed by atoms with Gasteiger partial charge in [0.2, 0.25) is 0 Å². The van der Waals surface area contributed by atoms with E-state index in [1.165, 1.54) is 24.5 Å². The Kier molecular flexibility index (Phi) is 5.79. The van der Waals surface area contributed by atoms with Gasteiger partial charge in [0.25, 0.3) is 5.91 Å². The van der Waals surface area contributed by atoms with Crippen molar-refractivity contribution in [1.82, 2.24) is 10.6 Å². The molecule has 32 heavy (non-hydrogen) atoms. The van der Waals surface area contributed by atoms with Gasteiger partial charge in [-0.05, 0) is 37.3 Å². The zero-order valence-electron chi connectivity index (χ0n) is 16.9. The van der Waals surface area contributed by atoms with Crippen molar-refractivity contribution in [1.29, 1.82) is 0 Å². The van der Waals surface area contributed by atoms with Gasteiger partial charge >= 0.3 is 18.0 Å². The van der Waals surface area contributed by atoms with E-state index in [0.29, 0.717) is 17.2 Å². The van der Waals surface area contributed by atoms with Crippen LogP contribution in [0.2, 0.25) is 0 Å².